The van der Waals surface area contributed by atoms with Crippen LogP contribution in [0.15, 0.2) is 24.5 Å². The molecule has 0 spiro atoms. The second-order valence-corrected chi connectivity index (χ2v) is 3.81. The van der Waals surface area contributed by atoms with Crippen LogP contribution in [0.25, 0.3) is 11.0 Å². The molecule has 0 aliphatic rings. The molecular weight excluding hydrogens is 207 g/mol. The van der Waals surface area contributed by atoms with Gasteiger partial charge in [-0.3, -0.25) is 0 Å². The summed E-state index contributed by atoms with van der Waals surface area (Å²) < 4.78 is 1.81. The summed E-state index contributed by atoms with van der Waals surface area (Å²) in [5, 5.41) is 27.3. The predicted molar refractivity (Wildman–Crippen MR) is 61.4 cm³/mol. The Balaban J connectivity index is 2.55. The smallest absolute Gasteiger partial charge is 0.423 e. The zero-order valence-electron chi connectivity index (χ0n) is 8.91. The first kappa shape index (κ1) is 11.1. The summed E-state index contributed by atoms with van der Waals surface area (Å²) >= 11 is 0. The maximum absolute atomic E-state index is 9.10. The first-order chi connectivity index (χ1) is 7.63. The molecule has 0 saturated carbocycles. The highest BCUT2D eigenvalue weighted by Crippen LogP contribution is 2.16. The molecule has 1 atom stereocenters. The minimum absolute atomic E-state index is 0.0113. The van der Waals surface area contributed by atoms with E-state index in [0.29, 0.717) is 5.46 Å². The second-order valence-electron chi connectivity index (χ2n) is 3.81. The van der Waals surface area contributed by atoms with Crippen LogP contribution >= 0.6 is 0 Å². The lowest BCUT2D eigenvalue weighted by molar-refractivity contribution is 0.241. The minimum Gasteiger partial charge on any atom is -0.423 e. The van der Waals surface area contributed by atoms with E-state index in [1.807, 2.05) is 6.92 Å². The van der Waals surface area contributed by atoms with E-state index in [4.69, 9.17) is 15.2 Å². The summed E-state index contributed by atoms with van der Waals surface area (Å²) in [4.78, 5) is 4.18. The van der Waals surface area contributed by atoms with Crippen molar-refractivity contribution in [1.29, 1.82) is 0 Å². The Kier molecular flexibility index (Phi) is 2.96. The Hall–Kier alpha value is -1.37. The topological polar surface area (TPSA) is 78.5 Å². The van der Waals surface area contributed by atoms with Crippen LogP contribution in [0.3, 0.4) is 0 Å². The van der Waals surface area contributed by atoms with Crippen LogP contribution in [0.4, 0.5) is 0 Å². The highest BCUT2D eigenvalue weighted by atomic mass is 16.4. The molecule has 2 rings (SSSR count). The summed E-state index contributed by atoms with van der Waals surface area (Å²) in [7, 11) is -1.49. The van der Waals surface area contributed by atoms with Crippen molar-refractivity contribution in [3.63, 3.8) is 0 Å². The van der Waals surface area contributed by atoms with Gasteiger partial charge in [-0.05, 0) is 24.5 Å². The normalized spacial score (nSPS) is 13.0. The molecule has 1 heterocycles. The maximum Gasteiger partial charge on any atom is 0.488 e. The number of benzene rings is 1. The van der Waals surface area contributed by atoms with Crippen LogP contribution in [-0.4, -0.2) is 38.4 Å². The van der Waals surface area contributed by atoms with E-state index in [-0.39, 0.29) is 12.6 Å². The van der Waals surface area contributed by atoms with Crippen molar-refractivity contribution in [2.24, 2.45) is 0 Å². The van der Waals surface area contributed by atoms with Crippen molar-refractivity contribution in [3.05, 3.63) is 24.5 Å². The largest absolute Gasteiger partial charge is 0.488 e. The Labute approximate surface area is 93.1 Å². The van der Waals surface area contributed by atoms with Crippen molar-refractivity contribution < 1.29 is 15.2 Å². The zero-order chi connectivity index (χ0) is 11.7. The van der Waals surface area contributed by atoms with Gasteiger partial charge in [0.2, 0.25) is 0 Å². The number of nitrogens with zero attached hydrogens (tertiary/aromatic N) is 2. The van der Waals surface area contributed by atoms with Crippen molar-refractivity contribution in [2.75, 3.05) is 6.61 Å². The number of aromatic nitrogens is 2. The van der Waals surface area contributed by atoms with Gasteiger partial charge in [-0.1, -0.05) is 6.07 Å². The van der Waals surface area contributed by atoms with Gasteiger partial charge < -0.3 is 19.7 Å². The predicted octanol–water partition coefficient (Wildman–Crippen LogP) is -0.731. The number of hydrogen-bond acceptors (Lipinski definition) is 4. The van der Waals surface area contributed by atoms with E-state index < -0.39 is 7.12 Å². The molecule has 5 nitrogen and oxygen atoms in total. The molecule has 0 aliphatic carbocycles. The minimum atomic E-state index is -1.49. The SMILES string of the molecule is CC(CO)n1cnc2ccc(B(O)O)cc21. The summed E-state index contributed by atoms with van der Waals surface area (Å²) in [6.07, 6.45) is 1.64. The number of aliphatic hydroxyl groups excluding tert-OH is 1. The van der Waals surface area contributed by atoms with E-state index in [9.17, 15) is 0 Å². The first-order valence-corrected chi connectivity index (χ1v) is 5.07. The zero-order valence-corrected chi connectivity index (χ0v) is 8.91. The van der Waals surface area contributed by atoms with Crippen LogP contribution < -0.4 is 5.46 Å². The van der Waals surface area contributed by atoms with Gasteiger partial charge in [0, 0.05) is 0 Å². The fraction of sp³-hybridized carbons (Fsp3) is 0.300. The van der Waals surface area contributed by atoms with Gasteiger partial charge in [-0.15, -0.1) is 0 Å². The van der Waals surface area contributed by atoms with Crippen molar-refractivity contribution in [3.8, 4) is 0 Å². The molecule has 1 aromatic heterocycles. The van der Waals surface area contributed by atoms with Crippen LogP contribution in [0.1, 0.15) is 13.0 Å². The number of rotatable bonds is 3. The molecule has 0 fully saturated rings. The van der Waals surface area contributed by atoms with E-state index in [1.54, 1.807) is 29.1 Å². The van der Waals surface area contributed by atoms with E-state index in [0.717, 1.165) is 11.0 Å². The molecule has 0 amide bonds. The number of fused-ring (bicyclic) bond motifs is 1. The quantitative estimate of drug-likeness (QED) is 0.596. The lowest BCUT2D eigenvalue weighted by atomic mass is 9.80. The summed E-state index contributed by atoms with van der Waals surface area (Å²) in [5.74, 6) is 0. The summed E-state index contributed by atoms with van der Waals surface area (Å²) in [6, 6.07) is 4.92. The highest BCUT2D eigenvalue weighted by molar-refractivity contribution is 6.58. The Morgan fingerprint density at radius 3 is 2.81 bits per heavy atom. The number of hydrogen-bond donors (Lipinski definition) is 3. The first-order valence-electron chi connectivity index (χ1n) is 5.07. The van der Waals surface area contributed by atoms with Crippen LogP contribution in [0, 0.1) is 0 Å². The molecule has 0 aliphatic heterocycles. The Morgan fingerprint density at radius 1 is 1.44 bits per heavy atom. The van der Waals surface area contributed by atoms with Crippen LogP contribution in [-0.2, 0) is 0 Å². The molecule has 84 valence electrons. The second kappa shape index (κ2) is 4.25. The summed E-state index contributed by atoms with van der Waals surface area (Å²) in [5.41, 5.74) is 1.97. The van der Waals surface area contributed by atoms with E-state index in [1.165, 1.54) is 0 Å². The van der Waals surface area contributed by atoms with Gasteiger partial charge in [0.25, 0.3) is 0 Å². The molecule has 6 heteroatoms. The van der Waals surface area contributed by atoms with Gasteiger partial charge in [-0.2, -0.15) is 0 Å². The average molecular weight is 220 g/mol. The van der Waals surface area contributed by atoms with Gasteiger partial charge in [0.1, 0.15) is 0 Å². The third-order valence-electron chi connectivity index (χ3n) is 2.64. The van der Waals surface area contributed by atoms with Gasteiger partial charge in [-0.25, -0.2) is 4.98 Å². The van der Waals surface area contributed by atoms with Gasteiger partial charge in [0.05, 0.1) is 30.0 Å². The molecular formula is C10H13BN2O3. The molecule has 1 aromatic carbocycles. The van der Waals surface area contributed by atoms with E-state index in [2.05, 4.69) is 4.98 Å². The van der Waals surface area contributed by atoms with Gasteiger partial charge in [0.15, 0.2) is 0 Å². The molecule has 16 heavy (non-hydrogen) atoms. The van der Waals surface area contributed by atoms with Gasteiger partial charge >= 0.3 is 7.12 Å². The fourth-order valence-electron chi connectivity index (χ4n) is 1.64. The monoisotopic (exact) mass is 220 g/mol. The van der Waals surface area contributed by atoms with E-state index >= 15 is 0 Å². The third kappa shape index (κ3) is 1.82. The standard InChI is InChI=1S/C10H13BN2O3/c1-7(5-14)13-6-12-9-3-2-8(11(15)16)4-10(9)13/h2-4,6-7,14-16H,5H2,1H3. The maximum atomic E-state index is 9.10. The van der Waals surface area contributed by atoms with Crippen LogP contribution in [0.2, 0.25) is 0 Å². The fourth-order valence-corrected chi connectivity index (χ4v) is 1.64. The van der Waals surface area contributed by atoms with Crippen LogP contribution in [0.5, 0.6) is 0 Å². The molecule has 2 aromatic rings. The van der Waals surface area contributed by atoms with Crippen molar-refractivity contribution in [2.45, 2.75) is 13.0 Å². The lowest BCUT2D eigenvalue weighted by Crippen LogP contribution is -2.29. The Morgan fingerprint density at radius 2 is 2.19 bits per heavy atom. The molecule has 0 radical (unpaired) electrons. The molecule has 0 bridgehead atoms. The summed E-state index contributed by atoms with van der Waals surface area (Å²) in [6.45, 7) is 1.88. The average Bonchev–Trinajstić information content (AvgIpc) is 2.70. The number of aliphatic hydroxyl groups is 1. The molecule has 1 unspecified atom stereocenters. The molecule has 0 saturated heterocycles. The molecule has 3 N–H and O–H groups in total. The highest BCUT2D eigenvalue weighted by Gasteiger charge is 2.14. The Bertz CT molecular complexity index is 498. The van der Waals surface area contributed by atoms with Crippen molar-refractivity contribution in [1.82, 2.24) is 9.55 Å². The van der Waals surface area contributed by atoms with Crippen molar-refractivity contribution >= 4 is 23.6 Å². The number of imidazole rings is 1. The lowest BCUT2D eigenvalue weighted by Gasteiger charge is -2.11. The third-order valence-corrected chi connectivity index (χ3v) is 2.64.